The first-order valence-electron chi connectivity index (χ1n) is 8.31. The number of anilines is 1. The molecule has 0 aliphatic rings. The number of nitro groups is 1. The summed E-state index contributed by atoms with van der Waals surface area (Å²) in [6.07, 6.45) is 3.66. The molecule has 0 atom stereocenters. The number of rotatable bonds is 6. The number of hydrogen-bond donors (Lipinski definition) is 1. The Morgan fingerprint density at radius 1 is 1.31 bits per heavy atom. The highest BCUT2D eigenvalue weighted by atomic mass is 79.9. The number of nitro benzene ring substituents is 1. The van der Waals surface area contributed by atoms with Gasteiger partial charge >= 0.3 is 0 Å². The molecule has 2 aromatic carbocycles. The molecule has 1 heterocycles. The van der Waals surface area contributed by atoms with Gasteiger partial charge in [-0.2, -0.15) is 5.26 Å². The number of hydrogen-bond acceptors (Lipinski definition) is 6. The van der Waals surface area contributed by atoms with E-state index >= 15 is 0 Å². The minimum Gasteiger partial charge on any atom is -0.297 e. The van der Waals surface area contributed by atoms with Gasteiger partial charge in [-0.3, -0.25) is 20.2 Å². The van der Waals surface area contributed by atoms with Crippen LogP contribution >= 0.6 is 27.3 Å². The second-order valence-corrected chi connectivity index (χ2v) is 7.94. The van der Waals surface area contributed by atoms with Gasteiger partial charge in [-0.05, 0) is 29.3 Å². The van der Waals surface area contributed by atoms with Crippen LogP contribution in [0.4, 0.5) is 10.8 Å². The number of nitrogens with one attached hydrogen (secondary N) is 1. The molecule has 0 spiro atoms. The summed E-state index contributed by atoms with van der Waals surface area (Å²) in [5.74, 6) is -0.622. The smallest absolute Gasteiger partial charge is 0.270 e. The summed E-state index contributed by atoms with van der Waals surface area (Å²) in [5.41, 5.74) is 1.21. The van der Waals surface area contributed by atoms with Gasteiger partial charge < -0.3 is 0 Å². The van der Waals surface area contributed by atoms with Crippen LogP contribution in [-0.4, -0.2) is 15.8 Å². The maximum absolute atomic E-state index is 12.4. The highest BCUT2D eigenvalue weighted by Crippen LogP contribution is 2.23. The Morgan fingerprint density at radius 3 is 2.76 bits per heavy atom. The molecule has 3 rings (SSSR count). The lowest BCUT2D eigenvalue weighted by atomic mass is 10.1. The molecule has 7 nitrogen and oxygen atoms in total. The van der Waals surface area contributed by atoms with Crippen molar-refractivity contribution in [3.8, 4) is 6.07 Å². The fourth-order valence-electron chi connectivity index (χ4n) is 2.46. The zero-order chi connectivity index (χ0) is 20.8. The number of nitriles is 1. The molecule has 1 amide bonds. The number of benzene rings is 2. The average molecular weight is 469 g/mol. The van der Waals surface area contributed by atoms with Crippen LogP contribution in [0.15, 0.2) is 64.8 Å². The van der Waals surface area contributed by atoms with Crippen molar-refractivity contribution in [2.45, 2.75) is 6.42 Å². The number of carbonyl (C=O) groups is 1. The van der Waals surface area contributed by atoms with E-state index in [0.717, 1.165) is 14.9 Å². The van der Waals surface area contributed by atoms with Crippen molar-refractivity contribution in [2.24, 2.45) is 0 Å². The Hall–Kier alpha value is -3.35. The number of carbonyl (C=O) groups excluding carboxylic acids is 1. The largest absolute Gasteiger partial charge is 0.297 e. The van der Waals surface area contributed by atoms with Gasteiger partial charge in [0, 0.05) is 34.1 Å². The molecule has 0 unspecified atom stereocenters. The normalized spacial score (nSPS) is 11.0. The lowest BCUT2D eigenvalue weighted by Gasteiger charge is -2.01. The third-order valence-electron chi connectivity index (χ3n) is 3.82. The van der Waals surface area contributed by atoms with Gasteiger partial charge in [-0.1, -0.05) is 40.2 Å². The molecule has 1 aromatic heterocycles. The SMILES string of the molecule is N#CC(=Cc1cccc([N+](=O)[O-])c1)C(=O)Nc1ncc(Cc2ccc(Br)cc2)s1. The van der Waals surface area contributed by atoms with E-state index in [1.54, 1.807) is 12.3 Å². The Bertz CT molecular complexity index is 1130. The summed E-state index contributed by atoms with van der Waals surface area (Å²) in [7, 11) is 0. The van der Waals surface area contributed by atoms with Crippen molar-refractivity contribution >= 4 is 50.1 Å². The van der Waals surface area contributed by atoms with Gasteiger partial charge in [0.25, 0.3) is 11.6 Å². The summed E-state index contributed by atoms with van der Waals surface area (Å²) >= 11 is 4.71. The summed E-state index contributed by atoms with van der Waals surface area (Å²) in [5, 5.41) is 23.1. The van der Waals surface area contributed by atoms with Crippen molar-refractivity contribution in [2.75, 3.05) is 5.32 Å². The van der Waals surface area contributed by atoms with Gasteiger partial charge in [-0.15, -0.1) is 11.3 Å². The monoisotopic (exact) mass is 468 g/mol. The van der Waals surface area contributed by atoms with Crippen LogP contribution in [0.25, 0.3) is 6.08 Å². The standard InChI is InChI=1S/C20H13BrN4O3S/c21-16-6-4-13(5-7-16)10-18-12-23-20(29-18)24-19(26)15(11-22)8-14-2-1-3-17(9-14)25(27)28/h1-9,12H,10H2,(H,23,24,26). The molecule has 3 aromatic rings. The molecule has 0 radical (unpaired) electrons. The number of aromatic nitrogens is 1. The van der Waals surface area contributed by atoms with Crippen molar-refractivity contribution < 1.29 is 9.72 Å². The van der Waals surface area contributed by atoms with Crippen LogP contribution in [-0.2, 0) is 11.2 Å². The van der Waals surface area contributed by atoms with Gasteiger partial charge in [0.15, 0.2) is 5.13 Å². The second kappa shape index (κ2) is 9.23. The second-order valence-electron chi connectivity index (χ2n) is 5.91. The number of amides is 1. The third-order valence-corrected chi connectivity index (χ3v) is 5.26. The van der Waals surface area contributed by atoms with Gasteiger partial charge in [0.1, 0.15) is 11.6 Å². The molecule has 1 N–H and O–H groups in total. The lowest BCUT2D eigenvalue weighted by Crippen LogP contribution is -2.13. The van der Waals surface area contributed by atoms with E-state index in [9.17, 15) is 20.2 Å². The van der Waals surface area contributed by atoms with Crippen LogP contribution in [0.5, 0.6) is 0 Å². The Kier molecular flexibility index (Phi) is 6.49. The van der Waals surface area contributed by atoms with Crippen molar-refractivity contribution in [3.63, 3.8) is 0 Å². The molecule has 9 heteroatoms. The van der Waals surface area contributed by atoms with Gasteiger partial charge in [0.2, 0.25) is 0 Å². The molecule has 0 aliphatic heterocycles. The van der Waals surface area contributed by atoms with Crippen molar-refractivity contribution in [1.82, 2.24) is 4.98 Å². The average Bonchev–Trinajstić information content (AvgIpc) is 3.14. The molecule has 144 valence electrons. The van der Waals surface area contributed by atoms with Crippen LogP contribution < -0.4 is 5.32 Å². The molecular weight excluding hydrogens is 456 g/mol. The number of halogens is 1. The highest BCUT2D eigenvalue weighted by molar-refractivity contribution is 9.10. The summed E-state index contributed by atoms with van der Waals surface area (Å²) in [4.78, 5) is 27.9. The number of thiazole rings is 1. The van der Waals surface area contributed by atoms with E-state index < -0.39 is 10.8 Å². The van der Waals surface area contributed by atoms with Crippen LogP contribution in [0.1, 0.15) is 16.0 Å². The minimum atomic E-state index is -0.622. The quantitative estimate of drug-likeness (QED) is 0.238. The van der Waals surface area contributed by atoms with E-state index in [1.165, 1.54) is 35.6 Å². The minimum absolute atomic E-state index is 0.117. The van der Waals surface area contributed by atoms with Gasteiger partial charge in [-0.25, -0.2) is 4.98 Å². The number of nitrogens with zero attached hydrogens (tertiary/aromatic N) is 3. The molecule has 0 bridgehead atoms. The van der Waals surface area contributed by atoms with Crippen molar-refractivity contribution in [1.29, 1.82) is 5.26 Å². The molecule has 29 heavy (non-hydrogen) atoms. The Balaban J connectivity index is 1.71. The number of non-ortho nitro benzene ring substituents is 1. The zero-order valence-electron chi connectivity index (χ0n) is 14.8. The van der Waals surface area contributed by atoms with E-state index in [0.29, 0.717) is 17.1 Å². The molecule has 0 aliphatic carbocycles. The van der Waals surface area contributed by atoms with E-state index in [2.05, 4.69) is 26.2 Å². The fraction of sp³-hybridized carbons (Fsp3) is 0.0500. The molecule has 0 fully saturated rings. The maximum Gasteiger partial charge on any atom is 0.270 e. The topological polar surface area (TPSA) is 109 Å². The summed E-state index contributed by atoms with van der Waals surface area (Å²) in [6, 6.07) is 15.4. The Labute approximate surface area is 178 Å². The van der Waals surface area contributed by atoms with E-state index in [4.69, 9.17) is 0 Å². The Morgan fingerprint density at radius 2 is 2.07 bits per heavy atom. The lowest BCUT2D eigenvalue weighted by molar-refractivity contribution is -0.384. The van der Waals surface area contributed by atoms with Crippen LogP contribution in [0.3, 0.4) is 0 Å². The molecule has 0 saturated heterocycles. The van der Waals surface area contributed by atoms with Crippen LogP contribution in [0, 0.1) is 21.4 Å². The first-order chi connectivity index (χ1) is 13.9. The molecule has 0 saturated carbocycles. The van der Waals surface area contributed by atoms with E-state index in [1.807, 2.05) is 30.3 Å². The van der Waals surface area contributed by atoms with E-state index in [-0.39, 0.29) is 11.3 Å². The predicted octanol–water partition coefficient (Wildman–Crippen LogP) is 4.95. The predicted molar refractivity (Wildman–Crippen MR) is 114 cm³/mol. The van der Waals surface area contributed by atoms with Gasteiger partial charge in [0.05, 0.1) is 4.92 Å². The first kappa shape index (κ1) is 20.4. The highest BCUT2D eigenvalue weighted by Gasteiger charge is 2.13. The fourth-order valence-corrected chi connectivity index (χ4v) is 3.56. The summed E-state index contributed by atoms with van der Waals surface area (Å²) in [6.45, 7) is 0. The maximum atomic E-state index is 12.4. The summed E-state index contributed by atoms with van der Waals surface area (Å²) < 4.78 is 0.998. The third kappa shape index (κ3) is 5.57. The first-order valence-corrected chi connectivity index (χ1v) is 9.92. The zero-order valence-corrected chi connectivity index (χ0v) is 17.2. The van der Waals surface area contributed by atoms with Crippen LogP contribution in [0.2, 0.25) is 0 Å². The molecular formula is C20H13BrN4O3S. The van der Waals surface area contributed by atoms with Crippen molar-refractivity contribution in [3.05, 3.63) is 90.9 Å².